The highest BCUT2D eigenvalue weighted by Crippen LogP contribution is 2.62. The third-order valence-electron chi connectivity index (χ3n) is 8.80. The molecule has 0 spiro atoms. The molecule has 4 heteroatoms. The first-order chi connectivity index (χ1) is 17.1. The van der Waals surface area contributed by atoms with Crippen LogP contribution in [0.1, 0.15) is 61.4 Å². The first-order valence-electron chi connectivity index (χ1n) is 13.0. The van der Waals surface area contributed by atoms with E-state index < -0.39 is 0 Å². The van der Waals surface area contributed by atoms with E-state index in [4.69, 9.17) is 14.2 Å². The molecule has 3 aromatic carbocycles. The Morgan fingerprint density at radius 1 is 0.943 bits per heavy atom. The molecular formula is C31H34O4. The molecule has 4 nitrogen and oxygen atoms in total. The Kier molecular flexibility index (Phi) is 5.90. The summed E-state index contributed by atoms with van der Waals surface area (Å²) in [7, 11) is 1.64. The maximum absolute atomic E-state index is 11.7. The van der Waals surface area contributed by atoms with Gasteiger partial charge >= 0.3 is 0 Å². The highest BCUT2D eigenvalue weighted by molar-refractivity contribution is 5.93. The molecule has 1 unspecified atom stereocenters. The van der Waals surface area contributed by atoms with Crippen LogP contribution in [-0.4, -0.2) is 26.5 Å². The number of aldehydes is 1. The normalized spacial score (nSPS) is 27.8. The zero-order chi connectivity index (χ0) is 24.0. The Morgan fingerprint density at radius 2 is 1.66 bits per heavy atom. The molecule has 4 bridgehead atoms. The minimum absolute atomic E-state index is 0.171. The lowest BCUT2D eigenvalue weighted by atomic mass is 9.48. The van der Waals surface area contributed by atoms with Crippen molar-refractivity contribution in [2.75, 3.05) is 13.9 Å². The molecule has 4 aliphatic carbocycles. The third kappa shape index (κ3) is 4.17. The number of methoxy groups -OCH3 is 1. The number of benzene rings is 3. The van der Waals surface area contributed by atoms with Crippen molar-refractivity contribution < 1.29 is 19.0 Å². The average Bonchev–Trinajstić information content (AvgIpc) is 2.87. The van der Waals surface area contributed by atoms with Gasteiger partial charge in [-0.2, -0.15) is 0 Å². The second-order valence-corrected chi connectivity index (χ2v) is 11.0. The number of carbonyl (C=O) groups excluding carboxylic acids is 1. The van der Waals surface area contributed by atoms with Crippen LogP contribution in [0.3, 0.4) is 0 Å². The van der Waals surface area contributed by atoms with Crippen LogP contribution in [0.4, 0.5) is 0 Å². The van der Waals surface area contributed by atoms with Gasteiger partial charge in [0.15, 0.2) is 19.4 Å². The topological polar surface area (TPSA) is 44.8 Å². The van der Waals surface area contributed by atoms with Gasteiger partial charge in [0.05, 0.1) is 0 Å². The maximum atomic E-state index is 11.7. The van der Waals surface area contributed by atoms with E-state index in [1.165, 1.54) is 49.5 Å². The van der Waals surface area contributed by atoms with Gasteiger partial charge in [-0.15, -0.1) is 0 Å². The monoisotopic (exact) mass is 470 g/mol. The first-order valence-corrected chi connectivity index (χ1v) is 13.0. The summed E-state index contributed by atoms with van der Waals surface area (Å²) in [6.45, 7) is 2.05. The van der Waals surface area contributed by atoms with Crippen molar-refractivity contribution >= 4 is 17.1 Å². The standard InChI is InChI=1S/C31H34O4/c1-20(33-2)34-19-35-30-14-24-7-8-25(28-6-4-3-5-26(28)18-32)12-27(24)13-29(30)31-15-21-9-22(16-31)11-23(10-21)17-31/h3-8,12-14,18,20-23H,9-11,15-17,19H2,1-2H3. The summed E-state index contributed by atoms with van der Waals surface area (Å²) >= 11 is 0. The van der Waals surface area contributed by atoms with Gasteiger partial charge < -0.3 is 14.2 Å². The number of carbonyl (C=O) groups is 1. The van der Waals surface area contributed by atoms with Crippen molar-refractivity contribution in [2.45, 2.75) is 57.2 Å². The average molecular weight is 471 g/mol. The van der Waals surface area contributed by atoms with E-state index in [2.05, 4.69) is 30.3 Å². The lowest BCUT2D eigenvalue weighted by Gasteiger charge is -2.57. The van der Waals surface area contributed by atoms with Gasteiger partial charge in [0.2, 0.25) is 0 Å². The van der Waals surface area contributed by atoms with Crippen LogP contribution in [0.15, 0.2) is 54.6 Å². The van der Waals surface area contributed by atoms with Gasteiger partial charge in [0, 0.05) is 18.2 Å². The van der Waals surface area contributed by atoms with Gasteiger partial charge in [-0.3, -0.25) is 4.79 Å². The molecule has 0 aromatic heterocycles. The molecular weight excluding hydrogens is 436 g/mol. The fourth-order valence-corrected chi connectivity index (χ4v) is 7.54. The SMILES string of the molecule is COC(C)OCOc1cc2ccc(-c3ccccc3C=O)cc2cc1C12CC3CC(CC(C3)C1)C2. The molecule has 0 amide bonds. The Balaban J connectivity index is 1.44. The molecule has 0 saturated heterocycles. The molecule has 3 aromatic rings. The van der Waals surface area contributed by atoms with E-state index in [9.17, 15) is 4.79 Å². The van der Waals surface area contributed by atoms with Gasteiger partial charge in [-0.05, 0) is 109 Å². The Labute approximate surface area is 207 Å². The summed E-state index contributed by atoms with van der Waals surface area (Å²) in [5.74, 6) is 3.49. The molecule has 182 valence electrons. The largest absolute Gasteiger partial charge is 0.467 e. The van der Waals surface area contributed by atoms with Gasteiger partial charge in [-0.25, -0.2) is 0 Å². The number of rotatable bonds is 8. The first kappa shape index (κ1) is 22.8. The summed E-state index contributed by atoms with van der Waals surface area (Å²) in [4.78, 5) is 11.7. The number of hydrogen-bond donors (Lipinski definition) is 0. The Hall–Kier alpha value is -2.69. The quantitative estimate of drug-likeness (QED) is 0.259. The summed E-state index contributed by atoms with van der Waals surface area (Å²) in [6.07, 6.45) is 8.66. The van der Waals surface area contributed by atoms with E-state index in [1.807, 2.05) is 31.2 Å². The minimum Gasteiger partial charge on any atom is -0.467 e. The number of hydrogen-bond acceptors (Lipinski definition) is 4. The predicted molar refractivity (Wildman–Crippen MR) is 138 cm³/mol. The number of fused-ring (bicyclic) bond motifs is 1. The van der Waals surface area contributed by atoms with E-state index in [-0.39, 0.29) is 18.5 Å². The van der Waals surface area contributed by atoms with Gasteiger partial charge in [-0.1, -0.05) is 36.4 Å². The summed E-state index contributed by atoms with van der Waals surface area (Å²) in [6, 6.07) is 18.9. The Bertz CT molecular complexity index is 1210. The summed E-state index contributed by atoms with van der Waals surface area (Å²) < 4.78 is 17.3. The second-order valence-electron chi connectivity index (χ2n) is 11.0. The zero-order valence-electron chi connectivity index (χ0n) is 20.7. The van der Waals surface area contributed by atoms with Crippen LogP contribution >= 0.6 is 0 Å². The third-order valence-corrected chi connectivity index (χ3v) is 8.80. The van der Waals surface area contributed by atoms with Crippen molar-refractivity contribution in [3.8, 4) is 16.9 Å². The van der Waals surface area contributed by atoms with Crippen molar-refractivity contribution in [1.29, 1.82) is 0 Å². The van der Waals surface area contributed by atoms with Crippen LogP contribution in [-0.2, 0) is 14.9 Å². The smallest absolute Gasteiger partial charge is 0.191 e. The van der Waals surface area contributed by atoms with E-state index in [0.717, 1.165) is 51.9 Å². The molecule has 4 saturated carbocycles. The molecule has 0 heterocycles. The van der Waals surface area contributed by atoms with E-state index in [1.54, 1.807) is 7.11 Å². The minimum atomic E-state index is -0.307. The number of ether oxygens (including phenoxy) is 3. The van der Waals surface area contributed by atoms with Crippen LogP contribution in [0.5, 0.6) is 5.75 Å². The van der Waals surface area contributed by atoms with Crippen LogP contribution in [0, 0.1) is 17.8 Å². The Morgan fingerprint density at radius 3 is 2.34 bits per heavy atom. The van der Waals surface area contributed by atoms with Crippen LogP contribution in [0.2, 0.25) is 0 Å². The van der Waals surface area contributed by atoms with Gasteiger partial charge in [0.25, 0.3) is 0 Å². The molecule has 0 radical (unpaired) electrons. The second kappa shape index (κ2) is 9.07. The van der Waals surface area contributed by atoms with E-state index in [0.29, 0.717) is 0 Å². The lowest BCUT2D eigenvalue weighted by molar-refractivity contribution is -0.150. The molecule has 4 aliphatic rings. The fraction of sp³-hybridized carbons (Fsp3) is 0.452. The summed E-state index contributed by atoms with van der Waals surface area (Å²) in [5, 5.41) is 2.34. The highest BCUT2D eigenvalue weighted by atomic mass is 16.7. The fourth-order valence-electron chi connectivity index (χ4n) is 7.54. The van der Waals surface area contributed by atoms with Crippen molar-refractivity contribution in [3.05, 3.63) is 65.7 Å². The molecule has 4 fully saturated rings. The van der Waals surface area contributed by atoms with Crippen molar-refractivity contribution in [2.24, 2.45) is 17.8 Å². The predicted octanol–water partition coefficient (Wildman–Crippen LogP) is 7.13. The molecule has 1 atom stereocenters. The lowest BCUT2D eigenvalue weighted by Crippen LogP contribution is -2.48. The van der Waals surface area contributed by atoms with E-state index >= 15 is 0 Å². The van der Waals surface area contributed by atoms with Crippen molar-refractivity contribution in [3.63, 3.8) is 0 Å². The van der Waals surface area contributed by atoms with Crippen molar-refractivity contribution in [1.82, 2.24) is 0 Å². The molecule has 35 heavy (non-hydrogen) atoms. The molecule has 7 rings (SSSR count). The van der Waals surface area contributed by atoms with Crippen LogP contribution in [0.25, 0.3) is 21.9 Å². The van der Waals surface area contributed by atoms with Crippen LogP contribution < -0.4 is 4.74 Å². The highest BCUT2D eigenvalue weighted by Gasteiger charge is 2.52. The summed E-state index contributed by atoms with van der Waals surface area (Å²) in [5.41, 5.74) is 4.31. The molecule has 0 aliphatic heterocycles. The molecule has 0 N–H and O–H groups in total. The van der Waals surface area contributed by atoms with Gasteiger partial charge in [0.1, 0.15) is 5.75 Å². The maximum Gasteiger partial charge on any atom is 0.191 e. The zero-order valence-corrected chi connectivity index (χ0v) is 20.7.